The van der Waals surface area contributed by atoms with Crippen molar-refractivity contribution < 1.29 is 15.0 Å². The van der Waals surface area contributed by atoms with Gasteiger partial charge in [0.15, 0.2) is 0 Å². The Morgan fingerprint density at radius 1 is 1.65 bits per heavy atom. The summed E-state index contributed by atoms with van der Waals surface area (Å²) in [5, 5.41) is 24.8. The predicted molar refractivity (Wildman–Crippen MR) is 63.2 cm³/mol. The van der Waals surface area contributed by atoms with E-state index in [1.165, 1.54) is 17.4 Å². The molecule has 0 radical (unpaired) electrons. The molecule has 0 aliphatic carbocycles. The van der Waals surface area contributed by atoms with Crippen molar-refractivity contribution in [2.24, 2.45) is 0 Å². The van der Waals surface area contributed by atoms with E-state index >= 15 is 0 Å². The van der Waals surface area contributed by atoms with Crippen molar-refractivity contribution in [1.29, 1.82) is 0 Å². The molecule has 90 valence electrons. The Morgan fingerprint density at radius 3 is 3.00 bits per heavy atom. The number of aromatic nitrogens is 2. The van der Waals surface area contributed by atoms with Crippen LogP contribution in [0.25, 0.3) is 0 Å². The van der Waals surface area contributed by atoms with Gasteiger partial charge in [-0.2, -0.15) is 5.10 Å². The molecule has 1 unspecified atom stereocenters. The molecule has 2 aromatic rings. The fourth-order valence-electron chi connectivity index (χ4n) is 1.55. The Hall–Kier alpha value is -1.66. The van der Waals surface area contributed by atoms with Gasteiger partial charge < -0.3 is 10.2 Å². The van der Waals surface area contributed by atoms with Crippen LogP contribution < -0.4 is 0 Å². The molecule has 0 aliphatic heterocycles. The third kappa shape index (κ3) is 2.22. The molecule has 0 fully saturated rings. The lowest BCUT2D eigenvalue weighted by atomic mass is 10.1. The van der Waals surface area contributed by atoms with Crippen molar-refractivity contribution in [3.05, 3.63) is 39.8 Å². The minimum Gasteiger partial charge on any atom is -0.478 e. The first kappa shape index (κ1) is 11.8. The number of aryl methyl sites for hydroxylation is 1. The molecule has 0 amide bonds. The van der Waals surface area contributed by atoms with E-state index in [1.54, 1.807) is 22.5 Å². The summed E-state index contributed by atoms with van der Waals surface area (Å²) < 4.78 is 1.69. The molecule has 0 aromatic carbocycles. The Morgan fingerprint density at radius 2 is 2.41 bits per heavy atom. The van der Waals surface area contributed by atoms with E-state index < -0.39 is 12.1 Å². The maximum Gasteiger partial charge on any atom is 0.336 e. The van der Waals surface area contributed by atoms with Crippen LogP contribution in [0.15, 0.2) is 23.8 Å². The fraction of sp³-hybridized carbons (Fsp3) is 0.273. The van der Waals surface area contributed by atoms with Crippen molar-refractivity contribution in [1.82, 2.24) is 9.78 Å². The molecule has 17 heavy (non-hydrogen) atoms. The van der Waals surface area contributed by atoms with Gasteiger partial charge in [-0.05, 0) is 18.4 Å². The molecule has 0 aliphatic rings. The third-order valence-corrected chi connectivity index (χ3v) is 3.44. The summed E-state index contributed by atoms with van der Waals surface area (Å²) >= 11 is 1.23. The SMILES string of the molecule is CCn1cc(C(O)c2sccc2C(=O)O)cn1. The van der Waals surface area contributed by atoms with Crippen molar-refractivity contribution in [2.75, 3.05) is 0 Å². The number of aliphatic hydroxyl groups is 1. The number of hydrogen-bond acceptors (Lipinski definition) is 4. The standard InChI is InChI=1S/C11H12N2O3S/c1-2-13-6-7(5-12-13)9(14)10-8(11(15)16)3-4-17-10/h3-6,9,14H,2H2,1H3,(H,15,16). The van der Waals surface area contributed by atoms with Gasteiger partial charge in [0, 0.05) is 18.3 Å². The Bertz CT molecular complexity index is 532. The smallest absolute Gasteiger partial charge is 0.336 e. The highest BCUT2D eigenvalue weighted by Crippen LogP contribution is 2.29. The van der Waals surface area contributed by atoms with Crippen LogP contribution in [-0.4, -0.2) is 26.0 Å². The molecule has 0 saturated carbocycles. The van der Waals surface area contributed by atoms with Gasteiger partial charge in [0.05, 0.1) is 16.6 Å². The van der Waals surface area contributed by atoms with Gasteiger partial charge in [0.1, 0.15) is 6.10 Å². The molecule has 2 aromatic heterocycles. The average molecular weight is 252 g/mol. The number of aromatic carboxylic acids is 1. The summed E-state index contributed by atoms with van der Waals surface area (Å²) in [5.41, 5.74) is 0.753. The number of thiophene rings is 1. The number of aliphatic hydroxyl groups excluding tert-OH is 1. The lowest BCUT2D eigenvalue weighted by Gasteiger charge is -2.07. The topological polar surface area (TPSA) is 75.4 Å². The molecule has 0 bridgehead atoms. The summed E-state index contributed by atoms with van der Waals surface area (Å²) in [6.07, 6.45) is 2.34. The van der Waals surface area contributed by atoms with E-state index in [4.69, 9.17) is 5.11 Å². The van der Waals surface area contributed by atoms with Crippen molar-refractivity contribution >= 4 is 17.3 Å². The van der Waals surface area contributed by atoms with E-state index in [-0.39, 0.29) is 5.56 Å². The highest BCUT2D eigenvalue weighted by atomic mass is 32.1. The lowest BCUT2D eigenvalue weighted by molar-refractivity contribution is 0.0692. The summed E-state index contributed by atoms with van der Waals surface area (Å²) in [5.74, 6) is -1.02. The Balaban J connectivity index is 2.33. The van der Waals surface area contributed by atoms with Gasteiger partial charge in [-0.1, -0.05) is 0 Å². The normalized spacial score (nSPS) is 12.6. The van der Waals surface area contributed by atoms with Gasteiger partial charge >= 0.3 is 5.97 Å². The van der Waals surface area contributed by atoms with E-state index in [0.717, 1.165) is 0 Å². The average Bonchev–Trinajstić information content (AvgIpc) is 2.97. The molecule has 0 saturated heterocycles. The van der Waals surface area contributed by atoms with Crippen LogP contribution in [0.3, 0.4) is 0 Å². The summed E-state index contributed by atoms with van der Waals surface area (Å²) in [6.45, 7) is 2.65. The molecule has 2 rings (SSSR count). The van der Waals surface area contributed by atoms with Gasteiger partial charge in [-0.25, -0.2) is 4.79 Å². The molecular formula is C11H12N2O3S. The van der Waals surface area contributed by atoms with E-state index in [0.29, 0.717) is 17.0 Å². The largest absolute Gasteiger partial charge is 0.478 e. The maximum absolute atomic E-state index is 11.0. The highest BCUT2D eigenvalue weighted by Gasteiger charge is 2.21. The minimum absolute atomic E-state index is 0.145. The van der Waals surface area contributed by atoms with Crippen molar-refractivity contribution in [2.45, 2.75) is 19.6 Å². The number of nitrogens with zero attached hydrogens (tertiary/aromatic N) is 2. The highest BCUT2D eigenvalue weighted by molar-refractivity contribution is 7.10. The summed E-state index contributed by atoms with van der Waals surface area (Å²) in [4.78, 5) is 11.4. The number of carboxylic acids is 1. The van der Waals surface area contributed by atoms with Crippen LogP contribution in [-0.2, 0) is 6.54 Å². The number of hydrogen-bond donors (Lipinski definition) is 2. The second-order valence-corrected chi connectivity index (χ2v) is 4.48. The summed E-state index contributed by atoms with van der Waals surface area (Å²) in [7, 11) is 0. The van der Waals surface area contributed by atoms with Crippen LogP contribution in [0.5, 0.6) is 0 Å². The van der Waals surface area contributed by atoms with Gasteiger partial charge in [-0.15, -0.1) is 11.3 Å². The first-order valence-corrected chi connectivity index (χ1v) is 6.02. The van der Waals surface area contributed by atoms with Crippen LogP contribution in [0.4, 0.5) is 0 Å². The maximum atomic E-state index is 11.0. The Labute approximate surface area is 102 Å². The Kier molecular flexibility index (Phi) is 3.26. The van der Waals surface area contributed by atoms with Crippen LogP contribution in [0, 0.1) is 0 Å². The number of carboxylic acid groups (broad SMARTS) is 1. The van der Waals surface area contributed by atoms with Crippen molar-refractivity contribution in [3.63, 3.8) is 0 Å². The number of rotatable bonds is 4. The monoisotopic (exact) mass is 252 g/mol. The molecular weight excluding hydrogens is 240 g/mol. The van der Waals surface area contributed by atoms with E-state index in [1.807, 2.05) is 6.92 Å². The predicted octanol–water partition coefficient (Wildman–Crippen LogP) is 1.74. The van der Waals surface area contributed by atoms with Crippen LogP contribution in [0.2, 0.25) is 0 Å². The number of carbonyl (C=O) groups is 1. The zero-order chi connectivity index (χ0) is 12.4. The van der Waals surface area contributed by atoms with Gasteiger partial charge in [0.25, 0.3) is 0 Å². The quantitative estimate of drug-likeness (QED) is 0.869. The first-order valence-electron chi connectivity index (χ1n) is 5.14. The summed E-state index contributed by atoms with van der Waals surface area (Å²) in [6, 6.07) is 1.50. The van der Waals surface area contributed by atoms with Gasteiger partial charge in [0.2, 0.25) is 0 Å². The molecule has 1 atom stereocenters. The second kappa shape index (κ2) is 4.68. The van der Waals surface area contributed by atoms with Crippen LogP contribution >= 0.6 is 11.3 Å². The molecule has 0 spiro atoms. The van der Waals surface area contributed by atoms with Crippen molar-refractivity contribution in [3.8, 4) is 0 Å². The molecule has 2 N–H and O–H groups in total. The van der Waals surface area contributed by atoms with E-state index in [9.17, 15) is 9.90 Å². The molecule has 2 heterocycles. The fourth-order valence-corrected chi connectivity index (χ4v) is 2.45. The molecule has 6 heteroatoms. The third-order valence-electron chi connectivity index (χ3n) is 2.47. The zero-order valence-electron chi connectivity index (χ0n) is 9.20. The second-order valence-electron chi connectivity index (χ2n) is 3.54. The molecule has 5 nitrogen and oxygen atoms in total. The van der Waals surface area contributed by atoms with Crippen LogP contribution in [0.1, 0.15) is 33.8 Å². The van der Waals surface area contributed by atoms with Gasteiger partial charge in [-0.3, -0.25) is 4.68 Å². The minimum atomic E-state index is -1.02. The van der Waals surface area contributed by atoms with E-state index in [2.05, 4.69) is 5.10 Å². The first-order chi connectivity index (χ1) is 8.13. The zero-order valence-corrected chi connectivity index (χ0v) is 10.0. The lowest BCUT2D eigenvalue weighted by Crippen LogP contribution is -2.04.